The Hall–Kier alpha value is -1.84. The van der Waals surface area contributed by atoms with Gasteiger partial charge in [0.05, 0.1) is 0 Å². The molecule has 0 unspecified atom stereocenters. The molecule has 0 radical (unpaired) electrons. The average Bonchev–Trinajstić information content (AvgIpc) is 2.73. The maximum Gasteiger partial charge on any atom is 0.433 e. The summed E-state index contributed by atoms with van der Waals surface area (Å²) in [5.74, 6) is -0.0977. The maximum atomic E-state index is 12.7. The van der Waals surface area contributed by atoms with Gasteiger partial charge in [0.1, 0.15) is 11.4 Å². The van der Waals surface area contributed by atoms with Crippen LogP contribution in [0.25, 0.3) is 0 Å². The van der Waals surface area contributed by atoms with Gasteiger partial charge in [0.2, 0.25) is 5.95 Å². The van der Waals surface area contributed by atoms with Crippen molar-refractivity contribution in [3.8, 4) is 0 Å². The Morgan fingerprint density at radius 2 is 2.05 bits per heavy atom. The van der Waals surface area contributed by atoms with Crippen LogP contribution in [0.15, 0.2) is 22.6 Å². The summed E-state index contributed by atoms with van der Waals surface area (Å²) >= 11 is 0.979. The van der Waals surface area contributed by atoms with E-state index in [0.29, 0.717) is 5.16 Å². The Bertz CT molecular complexity index is 582. The number of aromatic nitrogens is 5. The van der Waals surface area contributed by atoms with Crippen LogP contribution in [0.4, 0.5) is 19.1 Å². The van der Waals surface area contributed by atoms with Gasteiger partial charge in [0.25, 0.3) is 0 Å². The van der Waals surface area contributed by atoms with Crippen molar-refractivity contribution in [1.82, 2.24) is 24.7 Å². The monoisotopic (exact) mass is 290 g/mol. The summed E-state index contributed by atoms with van der Waals surface area (Å²) in [6.45, 7) is 0. The second-order valence-corrected chi connectivity index (χ2v) is 4.48. The smallest absolute Gasteiger partial charge is 0.357 e. The van der Waals surface area contributed by atoms with Crippen LogP contribution in [-0.4, -0.2) is 31.8 Å². The fourth-order valence-corrected chi connectivity index (χ4v) is 1.96. The standard InChI is InChI=1S/C9H9F3N6S/c1-13-7-15-5(9(10,11)12)3-6(16-7)19-8-17-14-4-18(8)2/h3-4H,1-2H3,(H,13,15,16). The number of hydrogen-bond acceptors (Lipinski definition) is 6. The van der Waals surface area contributed by atoms with Gasteiger partial charge < -0.3 is 9.88 Å². The number of rotatable bonds is 3. The number of halogens is 3. The van der Waals surface area contributed by atoms with Crippen molar-refractivity contribution >= 4 is 17.7 Å². The number of nitrogens with one attached hydrogen (secondary N) is 1. The first-order valence-corrected chi connectivity index (χ1v) is 5.87. The van der Waals surface area contributed by atoms with E-state index in [-0.39, 0.29) is 11.0 Å². The molecule has 0 aliphatic rings. The van der Waals surface area contributed by atoms with Crippen LogP contribution in [0.1, 0.15) is 5.69 Å². The van der Waals surface area contributed by atoms with Gasteiger partial charge in [-0.05, 0) is 11.8 Å². The van der Waals surface area contributed by atoms with Gasteiger partial charge >= 0.3 is 6.18 Å². The first-order chi connectivity index (χ1) is 8.90. The number of anilines is 1. The van der Waals surface area contributed by atoms with Crippen LogP contribution < -0.4 is 5.32 Å². The van der Waals surface area contributed by atoms with Crippen molar-refractivity contribution in [2.24, 2.45) is 7.05 Å². The lowest BCUT2D eigenvalue weighted by molar-refractivity contribution is -0.141. The highest BCUT2D eigenvalue weighted by atomic mass is 32.2. The third-order valence-corrected chi connectivity index (χ3v) is 3.05. The minimum Gasteiger partial charge on any atom is -0.357 e. The normalized spacial score (nSPS) is 11.6. The summed E-state index contributed by atoms with van der Waals surface area (Å²) in [7, 11) is 3.14. The van der Waals surface area contributed by atoms with Crippen LogP contribution in [0.2, 0.25) is 0 Å². The van der Waals surface area contributed by atoms with Gasteiger partial charge in [0.15, 0.2) is 10.9 Å². The highest BCUT2D eigenvalue weighted by Gasteiger charge is 2.33. The highest BCUT2D eigenvalue weighted by Crippen LogP contribution is 2.32. The molecule has 0 atom stereocenters. The summed E-state index contributed by atoms with van der Waals surface area (Å²) in [5, 5.41) is 10.5. The lowest BCUT2D eigenvalue weighted by Gasteiger charge is -2.09. The molecule has 6 nitrogen and oxygen atoms in total. The van der Waals surface area contributed by atoms with E-state index >= 15 is 0 Å². The summed E-state index contributed by atoms with van der Waals surface area (Å²) in [6.07, 6.45) is -3.07. The van der Waals surface area contributed by atoms with Gasteiger partial charge in [-0.25, -0.2) is 9.97 Å². The Balaban J connectivity index is 2.37. The van der Waals surface area contributed by atoms with Crippen molar-refractivity contribution in [2.75, 3.05) is 12.4 Å². The first-order valence-electron chi connectivity index (χ1n) is 5.06. The second kappa shape index (κ2) is 5.03. The zero-order chi connectivity index (χ0) is 14.0. The van der Waals surface area contributed by atoms with E-state index in [1.165, 1.54) is 13.4 Å². The molecule has 10 heteroatoms. The maximum absolute atomic E-state index is 12.7. The average molecular weight is 290 g/mol. The Morgan fingerprint density at radius 1 is 1.32 bits per heavy atom. The molecule has 0 saturated heterocycles. The number of hydrogen-bond donors (Lipinski definition) is 1. The van der Waals surface area contributed by atoms with Gasteiger partial charge in [-0.2, -0.15) is 13.2 Å². The molecule has 0 aromatic carbocycles. The van der Waals surface area contributed by atoms with E-state index in [9.17, 15) is 13.2 Å². The summed E-state index contributed by atoms with van der Waals surface area (Å²) in [5.41, 5.74) is -1.00. The summed E-state index contributed by atoms with van der Waals surface area (Å²) in [4.78, 5) is 7.31. The van der Waals surface area contributed by atoms with Crippen molar-refractivity contribution in [3.63, 3.8) is 0 Å². The minimum absolute atomic E-state index is 0.0977. The van der Waals surface area contributed by atoms with Crippen molar-refractivity contribution in [1.29, 1.82) is 0 Å². The highest BCUT2D eigenvalue weighted by molar-refractivity contribution is 7.99. The molecule has 0 aliphatic heterocycles. The lowest BCUT2D eigenvalue weighted by atomic mass is 10.4. The molecule has 0 bridgehead atoms. The fourth-order valence-electron chi connectivity index (χ4n) is 1.19. The SMILES string of the molecule is CNc1nc(Sc2nncn2C)cc(C(F)(F)F)n1. The van der Waals surface area contributed by atoms with E-state index in [2.05, 4.69) is 25.5 Å². The summed E-state index contributed by atoms with van der Waals surface area (Å²) < 4.78 is 39.6. The molecular weight excluding hydrogens is 281 g/mol. The van der Waals surface area contributed by atoms with E-state index in [4.69, 9.17) is 0 Å². The molecule has 0 spiro atoms. The molecule has 0 amide bonds. The molecular formula is C9H9F3N6S. The number of aryl methyl sites for hydroxylation is 1. The number of nitrogens with zero attached hydrogens (tertiary/aromatic N) is 5. The molecule has 2 aromatic rings. The molecule has 2 rings (SSSR count). The predicted octanol–water partition coefficient (Wildman–Crippen LogP) is 1.82. The van der Waals surface area contributed by atoms with Gasteiger partial charge in [0, 0.05) is 20.2 Å². The minimum atomic E-state index is -4.52. The van der Waals surface area contributed by atoms with Crippen molar-refractivity contribution in [3.05, 3.63) is 18.1 Å². The molecule has 1 N–H and O–H groups in total. The fraction of sp³-hybridized carbons (Fsp3) is 0.333. The van der Waals surface area contributed by atoms with Crippen molar-refractivity contribution < 1.29 is 13.2 Å². The third-order valence-electron chi connectivity index (χ3n) is 2.08. The predicted molar refractivity (Wildman–Crippen MR) is 61.7 cm³/mol. The summed E-state index contributed by atoms with van der Waals surface area (Å²) in [6, 6.07) is 0.875. The number of alkyl halides is 3. The van der Waals surface area contributed by atoms with E-state index in [1.807, 2.05) is 0 Å². The quantitative estimate of drug-likeness (QED) is 0.870. The third kappa shape index (κ3) is 3.13. The van der Waals surface area contributed by atoms with Gasteiger partial charge in [-0.1, -0.05) is 0 Å². The largest absolute Gasteiger partial charge is 0.433 e. The van der Waals surface area contributed by atoms with Crippen LogP contribution in [-0.2, 0) is 13.2 Å². The molecule has 19 heavy (non-hydrogen) atoms. The Morgan fingerprint density at radius 3 is 2.58 bits per heavy atom. The lowest BCUT2D eigenvalue weighted by Crippen LogP contribution is -2.11. The molecule has 0 saturated carbocycles. The van der Waals surface area contributed by atoms with Gasteiger partial charge in [-0.3, -0.25) is 0 Å². The Labute approximate surface area is 110 Å². The van der Waals surface area contributed by atoms with Crippen LogP contribution in [0.3, 0.4) is 0 Å². The van der Waals surface area contributed by atoms with E-state index < -0.39 is 11.9 Å². The molecule has 2 aromatic heterocycles. The topological polar surface area (TPSA) is 68.5 Å². The van der Waals surface area contributed by atoms with E-state index in [1.54, 1.807) is 11.6 Å². The van der Waals surface area contributed by atoms with E-state index in [0.717, 1.165) is 17.8 Å². The van der Waals surface area contributed by atoms with Crippen LogP contribution in [0.5, 0.6) is 0 Å². The van der Waals surface area contributed by atoms with Crippen LogP contribution in [0, 0.1) is 0 Å². The first kappa shape index (κ1) is 13.6. The Kier molecular flexibility index (Phi) is 3.60. The van der Waals surface area contributed by atoms with Crippen LogP contribution >= 0.6 is 11.8 Å². The molecule has 0 fully saturated rings. The zero-order valence-electron chi connectivity index (χ0n) is 9.93. The zero-order valence-corrected chi connectivity index (χ0v) is 10.7. The van der Waals surface area contributed by atoms with Gasteiger partial charge in [-0.15, -0.1) is 10.2 Å². The molecule has 102 valence electrons. The molecule has 0 aliphatic carbocycles. The van der Waals surface area contributed by atoms with Crippen molar-refractivity contribution in [2.45, 2.75) is 16.4 Å². The molecule has 2 heterocycles. The second-order valence-electron chi connectivity index (χ2n) is 3.49.